The number of hydrogen-bond acceptors (Lipinski definition) is 6. The molecular formula is C19H20N4O3S. The van der Waals surface area contributed by atoms with Gasteiger partial charge < -0.3 is 10.1 Å². The maximum absolute atomic E-state index is 12.8. The molecule has 7 nitrogen and oxygen atoms in total. The van der Waals surface area contributed by atoms with Gasteiger partial charge in [-0.05, 0) is 31.4 Å². The average molecular weight is 384 g/mol. The fourth-order valence-corrected chi connectivity index (χ4v) is 3.44. The Hall–Kier alpha value is -3.00. The number of aryl methyl sites for hydroxylation is 2. The van der Waals surface area contributed by atoms with Gasteiger partial charge in [-0.3, -0.25) is 9.48 Å². The van der Waals surface area contributed by atoms with E-state index < -0.39 is 12.1 Å². The van der Waals surface area contributed by atoms with Crippen LogP contribution in [0.5, 0.6) is 0 Å². The van der Waals surface area contributed by atoms with E-state index in [-0.39, 0.29) is 5.91 Å². The second kappa shape index (κ2) is 7.71. The first kappa shape index (κ1) is 18.8. The number of hydrogen-bond donors (Lipinski definition) is 1. The predicted octanol–water partition coefficient (Wildman–Crippen LogP) is 2.85. The predicted molar refractivity (Wildman–Crippen MR) is 105 cm³/mol. The first-order chi connectivity index (χ1) is 12.9. The van der Waals surface area contributed by atoms with Gasteiger partial charge in [-0.2, -0.15) is 5.10 Å². The number of fused-ring (bicyclic) bond motifs is 1. The van der Waals surface area contributed by atoms with Crippen LogP contribution in [-0.2, 0) is 16.6 Å². The molecule has 0 radical (unpaired) electrons. The molecule has 0 bridgehead atoms. The van der Waals surface area contributed by atoms with Crippen LogP contribution in [0, 0.1) is 6.92 Å². The van der Waals surface area contributed by atoms with Gasteiger partial charge in [-0.15, -0.1) is 17.9 Å². The number of esters is 1. The van der Waals surface area contributed by atoms with E-state index in [4.69, 9.17) is 4.74 Å². The molecule has 0 fully saturated rings. The van der Waals surface area contributed by atoms with Crippen LogP contribution in [0.15, 0.2) is 36.2 Å². The number of nitrogens with one attached hydrogen (secondary N) is 1. The maximum Gasteiger partial charge on any atom is 0.339 e. The van der Waals surface area contributed by atoms with Gasteiger partial charge in [0.05, 0.1) is 27.2 Å². The molecule has 3 aromatic rings. The summed E-state index contributed by atoms with van der Waals surface area (Å²) in [6.45, 7) is 7.20. The highest BCUT2D eigenvalue weighted by Gasteiger charge is 2.24. The van der Waals surface area contributed by atoms with Crippen LogP contribution in [0.1, 0.15) is 23.0 Å². The molecule has 0 aliphatic rings. The lowest BCUT2D eigenvalue weighted by atomic mass is 10.1. The van der Waals surface area contributed by atoms with Crippen molar-refractivity contribution >= 4 is 34.2 Å². The SMILES string of the molecule is C=CCNC(=O)C(C)OC(=O)c1cc(-c2cccs2)nc2c1c(C)nn2C. The van der Waals surface area contributed by atoms with Crippen molar-refractivity contribution in [3.05, 3.63) is 47.5 Å². The Labute approximate surface area is 160 Å². The highest BCUT2D eigenvalue weighted by Crippen LogP contribution is 2.29. The number of thiophene rings is 1. The normalized spacial score (nSPS) is 12.0. The lowest BCUT2D eigenvalue weighted by molar-refractivity contribution is -0.128. The monoisotopic (exact) mass is 384 g/mol. The molecule has 1 N–H and O–H groups in total. The second-order valence-corrected chi connectivity index (χ2v) is 6.97. The molecule has 27 heavy (non-hydrogen) atoms. The zero-order valence-electron chi connectivity index (χ0n) is 15.4. The molecule has 140 valence electrons. The first-order valence-corrected chi connectivity index (χ1v) is 9.28. The van der Waals surface area contributed by atoms with Gasteiger partial charge in [0.2, 0.25) is 0 Å². The molecule has 3 aromatic heterocycles. The molecule has 8 heteroatoms. The summed E-state index contributed by atoms with van der Waals surface area (Å²) in [5.74, 6) is -0.965. The number of pyridine rings is 1. The number of aromatic nitrogens is 3. The standard InChI is InChI=1S/C19H20N4O3S/c1-5-8-20-18(24)12(3)26-19(25)13-10-14(15-7-6-9-27-15)21-17-16(13)11(2)22-23(17)4/h5-7,9-10,12H,1,8H2,2-4H3,(H,20,24). The van der Waals surface area contributed by atoms with Gasteiger partial charge in [0, 0.05) is 13.6 Å². The fraction of sp³-hybridized carbons (Fsp3) is 0.263. The van der Waals surface area contributed by atoms with E-state index in [1.807, 2.05) is 24.4 Å². The van der Waals surface area contributed by atoms with E-state index in [9.17, 15) is 9.59 Å². The number of carbonyl (C=O) groups is 2. The summed E-state index contributed by atoms with van der Waals surface area (Å²) in [6, 6.07) is 5.55. The molecule has 1 unspecified atom stereocenters. The van der Waals surface area contributed by atoms with E-state index in [0.717, 1.165) is 4.88 Å². The highest BCUT2D eigenvalue weighted by atomic mass is 32.1. The number of amides is 1. The van der Waals surface area contributed by atoms with Gasteiger partial charge in [0.25, 0.3) is 5.91 Å². The number of rotatable bonds is 6. The molecule has 0 aliphatic carbocycles. The number of nitrogens with zero attached hydrogens (tertiary/aromatic N) is 3. The van der Waals surface area contributed by atoms with Gasteiger partial charge in [-0.25, -0.2) is 9.78 Å². The minimum absolute atomic E-state index is 0.310. The number of ether oxygens (including phenoxy) is 1. The largest absolute Gasteiger partial charge is 0.449 e. The summed E-state index contributed by atoms with van der Waals surface area (Å²) in [6.07, 6.45) is 0.633. The minimum atomic E-state index is -0.928. The van der Waals surface area contributed by atoms with Crippen LogP contribution in [0.3, 0.4) is 0 Å². The van der Waals surface area contributed by atoms with Crippen LogP contribution < -0.4 is 5.32 Å². The van der Waals surface area contributed by atoms with Gasteiger partial charge in [0.15, 0.2) is 11.8 Å². The van der Waals surface area contributed by atoms with Crippen molar-refractivity contribution in [2.75, 3.05) is 6.54 Å². The zero-order valence-corrected chi connectivity index (χ0v) is 16.2. The molecule has 3 rings (SSSR count). The van der Waals surface area contributed by atoms with Crippen LogP contribution in [0.4, 0.5) is 0 Å². The maximum atomic E-state index is 12.8. The van der Waals surface area contributed by atoms with E-state index in [0.29, 0.717) is 34.5 Å². The van der Waals surface area contributed by atoms with Crippen LogP contribution >= 0.6 is 11.3 Å². The van der Waals surface area contributed by atoms with Gasteiger partial charge in [-0.1, -0.05) is 12.1 Å². The Bertz CT molecular complexity index is 1010. The highest BCUT2D eigenvalue weighted by molar-refractivity contribution is 7.13. The van der Waals surface area contributed by atoms with E-state index in [2.05, 4.69) is 22.0 Å². The third-order valence-corrected chi connectivity index (χ3v) is 4.93. The minimum Gasteiger partial charge on any atom is -0.449 e. The molecular weight excluding hydrogens is 364 g/mol. The van der Waals surface area contributed by atoms with Crippen LogP contribution in [-0.4, -0.2) is 39.3 Å². The van der Waals surface area contributed by atoms with Crippen molar-refractivity contribution in [1.82, 2.24) is 20.1 Å². The fourth-order valence-electron chi connectivity index (χ4n) is 2.75. The van der Waals surface area contributed by atoms with Crippen molar-refractivity contribution < 1.29 is 14.3 Å². The Morgan fingerprint density at radius 2 is 2.26 bits per heavy atom. The van der Waals surface area contributed by atoms with Crippen molar-refractivity contribution in [1.29, 1.82) is 0 Å². The van der Waals surface area contributed by atoms with Crippen molar-refractivity contribution in [2.24, 2.45) is 7.05 Å². The number of carbonyl (C=O) groups excluding carboxylic acids is 2. The van der Waals surface area contributed by atoms with Crippen molar-refractivity contribution in [3.8, 4) is 10.6 Å². The first-order valence-electron chi connectivity index (χ1n) is 8.40. The average Bonchev–Trinajstić information content (AvgIpc) is 3.27. The summed E-state index contributed by atoms with van der Waals surface area (Å²) >= 11 is 1.53. The third-order valence-electron chi connectivity index (χ3n) is 4.04. The van der Waals surface area contributed by atoms with E-state index in [1.165, 1.54) is 18.3 Å². The van der Waals surface area contributed by atoms with E-state index >= 15 is 0 Å². The van der Waals surface area contributed by atoms with E-state index in [1.54, 1.807) is 23.9 Å². The Balaban J connectivity index is 2.00. The zero-order chi connectivity index (χ0) is 19.6. The van der Waals surface area contributed by atoms with Crippen molar-refractivity contribution in [3.63, 3.8) is 0 Å². The summed E-state index contributed by atoms with van der Waals surface area (Å²) in [7, 11) is 1.78. The second-order valence-electron chi connectivity index (χ2n) is 6.02. The molecule has 1 atom stereocenters. The third kappa shape index (κ3) is 3.75. The quantitative estimate of drug-likeness (QED) is 0.522. The molecule has 0 aromatic carbocycles. The van der Waals surface area contributed by atoms with Gasteiger partial charge >= 0.3 is 5.97 Å². The summed E-state index contributed by atoms with van der Waals surface area (Å²) in [4.78, 5) is 30.4. The summed E-state index contributed by atoms with van der Waals surface area (Å²) in [5, 5.41) is 9.55. The van der Waals surface area contributed by atoms with Crippen LogP contribution in [0.25, 0.3) is 21.6 Å². The summed E-state index contributed by atoms with van der Waals surface area (Å²) < 4.78 is 7.03. The van der Waals surface area contributed by atoms with Crippen molar-refractivity contribution in [2.45, 2.75) is 20.0 Å². The molecule has 0 saturated carbocycles. The van der Waals surface area contributed by atoms with Gasteiger partial charge in [0.1, 0.15) is 0 Å². The molecule has 3 heterocycles. The summed E-state index contributed by atoms with van der Waals surface area (Å²) in [5.41, 5.74) is 2.27. The smallest absolute Gasteiger partial charge is 0.339 e. The Morgan fingerprint density at radius 1 is 1.48 bits per heavy atom. The molecule has 0 saturated heterocycles. The Kier molecular flexibility index (Phi) is 5.36. The molecule has 1 amide bonds. The molecule has 0 spiro atoms. The lowest BCUT2D eigenvalue weighted by Crippen LogP contribution is -2.35. The molecule has 0 aliphatic heterocycles. The van der Waals surface area contributed by atoms with Crippen LogP contribution in [0.2, 0.25) is 0 Å². The lowest BCUT2D eigenvalue weighted by Gasteiger charge is -2.14. The topological polar surface area (TPSA) is 86.1 Å². The Morgan fingerprint density at radius 3 is 2.93 bits per heavy atom.